The van der Waals surface area contributed by atoms with Gasteiger partial charge in [-0.2, -0.15) is 18.3 Å². The molecular formula is C15H17F3N4O2. The van der Waals surface area contributed by atoms with Crippen LogP contribution in [0.25, 0.3) is 0 Å². The Morgan fingerprint density at radius 2 is 1.96 bits per heavy atom. The standard InChI is InChI=1S/C15H17F3N4O2/c1-2-24-11-5-3-10(4-6-11)19-7-8-20-14(23)12-9-21-22-13(12)15(16,17)18/h3-6,9,19H,2,7-8H2,1H3,(H,20,23)(H,21,22). The Labute approximate surface area is 136 Å². The Kier molecular flexibility index (Phi) is 5.67. The number of halogens is 3. The molecule has 24 heavy (non-hydrogen) atoms. The van der Waals surface area contributed by atoms with Crippen LogP contribution in [0.1, 0.15) is 23.0 Å². The topological polar surface area (TPSA) is 79.0 Å². The van der Waals surface area contributed by atoms with Crippen LogP contribution in [0.15, 0.2) is 30.5 Å². The smallest absolute Gasteiger partial charge is 0.435 e. The maximum Gasteiger partial charge on any atom is 0.435 e. The van der Waals surface area contributed by atoms with Crippen molar-refractivity contribution in [2.45, 2.75) is 13.1 Å². The first-order valence-electron chi connectivity index (χ1n) is 7.27. The molecule has 2 rings (SSSR count). The van der Waals surface area contributed by atoms with E-state index in [4.69, 9.17) is 4.74 Å². The van der Waals surface area contributed by atoms with Crippen molar-refractivity contribution in [1.29, 1.82) is 0 Å². The van der Waals surface area contributed by atoms with E-state index in [1.165, 1.54) is 0 Å². The lowest BCUT2D eigenvalue weighted by molar-refractivity contribution is -0.141. The van der Waals surface area contributed by atoms with Crippen LogP contribution in [-0.2, 0) is 6.18 Å². The van der Waals surface area contributed by atoms with Crippen LogP contribution in [0.2, 0.25) is 0 Å². The molecular weight excluding hydrogens is 325 g/mol. The van der Waals surface area contributed by atoms with Crippen molar-refractivity contribution < 1.29 is 22.7 Å². The van der Waals surface area contributed by atoms with Gasteiger partial charge in [-0.3, -0.25) is 9.89 Å². The highest BCUT2D eigenvalue weighted by Crippen LogP contribution is 2.29. The molecule has 2 aromatic rings. The van der Waals surface area contributed by atoms with Crippen molar-refractivity contribution in [1.82, 2.24) is 15.5 Å². The highest BCUT2D eigenvalue weighted by Gasteiger charge is 2.38. The molecule has 0 unspecified atom stereocenters. The van der Waals surface area contributed by atoms with E-state index in [9.17, 15) is 18.0 Å². The molecule has 0 saturated heterocycles. The number of aromatic nitrogens is 2. The summed E-state index contributed by atoms with van der Waals surface area (Å²) in [7, 11) is 0. The molecule has 130 valence electrons. The monoisotopic (exact) mass is 342 g/mol. The van der Waals surface area contributed by atoms with Crippen LogP contribution in [0.3, 0.4) is 0 Å². The van der Waals surface area contributed by atoms with Gasteiger partial charge in [-0.05, 0) is 31.2 Å². The van der Waals surface area contributed by atoms with Crippen molar-refractivity contribution in [3.8, 4) is 5.75 Å². The number of alkyl halides is 3. The van der Waals surface area contributed by atoms with E-state index in [1.807, 2.05) is 19.1 Å². The van der Waals surface area contributed by atoms with Crippen LogP contribution in [0, 0.1) is 0 Å². The van der Waals surface area contributed by atoms with E-state index < -0.39 is 23.3 Å². The van der Waals surface area contributed by atoms with Crippen LogP contribution in [0.5, 0.6) is 5.75 Å². The van der Waals surface area contributed by atoms with Crippen molar-refractivity contribution in [3.05, 3.63) is 41.7 Å². The SMILES string of the molecule is CCOc1ccc(NCCNC(=O)c2c[nH]nc2C(F)(F)F)cc1. The van der Waals surface area contributed by atoms with Gasteiger partial charge < -0.3 is 15.4 Å². The first kappa shape index (κ1) is 17.6. The Morgan fingerprint density at radius 3 is 2.58 bits per heavy atom. The van der Waals surface area contributed by atoms with Crippen molar-refractivity contribution in [2.24, 2.45) is 0 Å². The maximum absolute atomic E-state index is 12.7. The fourth-order valence-electron chi connectivity index (χ4n) is 1.99. The van der Waals surface area contributed by atoms with Gasteiger partial charge in [-0.1, -0.05) is 0 Å². The maximum atomic E-state index is 12.7. The summed E-state index contributed by atoms with van der Waals surface area (Å²) in [5.41, 5.74) is -0.935. The molecule has 0 spiro atoms. The van der Waals surface area contributed by atoms with Gasteiger partial charge in [-0.25, -0.2) is 0 Å². The fraction of sp³-hybridized carbons (Fsp3) is 0.333. The molecule has 6 nitrogen and oxygen atoms in total. The minimum atomic E-state index is -4.67. The zero-order chi connectivity index (χ0) is 17.6. The van der Waals surface area contributed by atoms with E-state index in [-0.39, 0.29) is 6.54 Å². The molecule has 0 fully saturated rings. The molecule has 9 heteroatoms. The number of carbonyl (C=O) groups is 1. The number of carbonyl (C=O) groups excluding carboxylic acids is 1. The Morgan fingerprint density at radius 1 is 1.25 bits per heavy atom. The van der Waals surface area contributed by atoms with E-state index in [0.29, 0.717) is 13.2 Å². The van der Waals surface area contributed by atoms with Gasteiger partial charge >= 0.3 is 6.18 Å². The number of nitrogens with zero attached hydrogens (tertiary/aromatic N) is 1. The molecule has 0 saturated carbocycles. The summed E-state index contributed by atoms with van der Waals surface area (Å²) < 4.78 is 43.3. The molecule has 0 atom stereocenters. The summed E-state index contributed by atoms with van der Waals surface area (Å²) >= 11 is 0. The number of benzene rings is 1. The third-order valence-electron chi connectivity index (χ3n) is 3.06. The lowest BCUT2D eigenvalue weighted by Gasteiger charge is -2.10. The van der Waals surface area contributed by atoms with Crippen molar-refractivity contribution in [3.63, 3.8) is 0 Å². The summed E-state index contributed by atoms with van der Waals surface area (Å²) in [6.45, 7) is 2.99. The largest absolute Gasteiger partial charge is 0.494 e. The molecule has 1 aromatic carbocycles. The number of aromatic amines is 1. The van der Waals surface area contributed by atoms with Crippen LogP contribution >= 0.6 is 0 Å². The highest BCUT2D eigenvalue weighted by molar-refractivity contribution is 5.95. The Hall–Kier alpha value is -2.71. The molecule has 3 N–H and O–H groups in total. The van der Waals surface area contributed by atoms with E-state index in [1.54, 1.807) is 12.1 Å². The van der Waals surface area contributed by atoms with Crippen LogP contribution in [0.4, 0.5) is 18.9 Å². The number of nitrogens with one attached hydrogen (secondary N) is 3. The quantitative estimate of drug-likeness (QED) is 0.676. The number of amides is 1. The van der Waals surface area contributed by atoms with Crippen molar-refractivity contribution in [2.75, 3.05) is 25.0 Å². The second-order valence-corrected chi connectivity index (χ2v) is 4.79. The summed E-state index contributed by atoms with van der Waals surface area (Å²) in [4.78, 5) is 11.8. The fourth-order valence-corrected chi connectivity index (χ4v) is 1.99. The Bertz CT molecular complexity index is 668. The predicted molar refractivity (Wildman–Crippen MR) is 82.0 cm³/mol. The van der Waals surface area contributed by atoms with Gasteiger partial charge in [0, 0.05) is 25.0 Å². The van der Waals surface area contributed by atoms with Gasteiger partial charge in [0.05, 0.1) is 12.2 Å². The zero-order valence-electron chi connectivity index (χ0n) is 12.9. The summed E-state index contributed by atoms with van der Waals surface area (Å²) in [6, 6.07) is 7.21. The number of H-pyrrole nitrogens is 1. The number of hydrogen-bond acceptors (Lipinski definition) is 4. The van der Waals surface area contributed by atoms with Gasteiger partial charge in [0.15, 0.2) is 5.69 Å². The Balaban J connectivity index is 1.80. The number of ether oxygens (including phenoxy) is 1. The van der Waals surface area contributed by atoms with Gasteiger partial charge in [0.2, 0.25) is 0 Å². The molecule has 0 bridgehead atoms. The molecule has 1 heterocycles. The predicted octanol–water partition coefficient (Wildman–Crippen LogP) is 2.67. The molecule has 0 radical (unpaired) electrons. The molecule has 1 aromatic heterocycles. The number of rotatable bonds is 7. The third-order valence-corrected chi connectivity index (χ3v) is 3.06. The zero-order valence-corrected chi connectivity index (χ0v) is 12.9. The lowest BCUT2D eigenvalue weighted by Crippen LogP contribution is -2.30. The third kappa shape index (κ3) is 4.64. The van der Waals surface area contributed by atoms with Crippen LogP contribution in [-0.4, -0.2) is 35.8 Å². The molecule has 0 aliphatic heterocycles. The van der Waals surface area contributed by atoms with Crippen molar-refractivity contribution >= 4 is 11.6 Å². The molecule has 1 amide bonds. The minimum absolute atomic E-state index is 0.161. The normalized spacial score (nSPS) is 11.2. The number of anilines is 1. The van der Waals surface area contributed by atoms with Gasteiger partial charge in [0.1, 0.15) is 5.75 Å². The van der Waals surface area contributed by atoms with E-state index >= 15 is 0 Å². The highest BCUT2D eigenvalue weighted by atomic mass is 19.4. The van der Waals surface area contributed by atoms with Gasteiger partial charge in [0.25, 0.3) is 5.91 Å². The molecule has 0 aliphatic carbocycles. The summed E-state index contributed by atoms with van der Waals surface area (Å²) in [6.07, 6.45) is -3.74. The average Bonchev–Trinajstić information content (AvgIpc) is 3.03. The van der Waals surface area contributed by atoms with Gasteiger partial charge in [-0.15, -0.1) is 0 Å². The summed E-state index contributed by atoms with van der Waals surface area (Å²) in [5, 5.41) is 10.6. The second-order valence-electron chi connectivity index (χ2n) is 4.79. The minimum Gasteiger partial charge on any atom is -0.494 e. The van der Waals surface area contributed by atoms with E-state index in [0.717, 1.165) is 17.6 Å². The first-order valence-corrected chi connectivity index (χ1v) is 7.27. The summed E-state index contributed by atoms with van der Waals surface area (Å²) in [5.74, 6) is -0.0828. The molecule has 0 aliphatic rings. The lowest BCUT2D eigenvalue weighted by atomic mass is 10.2. The van der Waals surface area contributed by atoms with Crippen LogP contribution < -0.4 is 15.4 Å². The number of hydrogen-bond donors (Lipinski definition) is 3. The second kappa shape index (κ2) is 7.71. The first-order chi connectivity index (χ1) is 11.4. The average molecular weight is 342 g/mol. The van der Waals surface area contributed by atoms with E-state index in [2.05, 4.69) is 20.8 Å².